The molecule has 0 aliphatic carbocycles. The Labute approximate surface area is 157 Å². The topological polar surface area (TPSA) is 28.5 Å². The van der Waals surface area contributed by atoms with Crippen molar-refractivity contribution in [2.75, 3.05) is 19.6 Å². The van der Waals surface area contributed by atoms with Gasteiger partial charge in [-0.05, 0) is 55.6 Å². The minimum absolute atomic E-state index is 0.00874. The summed E-state index contributed by atoms with van der Waals surface area (Å²) in [5.74, 6) is -1.35. The van der Waals surface area contributed by atoms with Gasteiger partial charge in [0.25, 0.3) is 5.91 Å². The number of fused-ring (bicyclic) bond motifs is 2. The van der Waals surface area contributed by atoms with E-state index in [4.69, 9.17) is 0 Å². The Bertz CT molecular complexity index is 887. The van der Waals surface area contributed by atoms with Gasteiger partial charge < -0.3 is 9.47 Å². The molecule has 27 heavy (non-hydrogen) atoms. The molecule has 1 amide bonds. The van der Waals surface area contributed by atoms with Gasteiger partial charge in [-0.15, -0.1) is 0 Å². The van der Waals surface area contributed by atoms with E-state index in [1.165, 1.54) is 0 Å². The van der Waals surface area contributed by atoms with Gasteiger partial charge in [0.1, 0.15) is 5.69 Å². The van der Waals surface area contributed by atoms with E-state index in [0.29, 0.717) is 23.7 Å². The third-order valence-corrected chi connectivity index (χ3v) is 6.80. The first-order chi connectivity index (χ1) is 13.1. The Morgan fingerprint density at radius 1 is 1.07 bits per heavy atom. The molecular weight excluding hydrogens is 348 g/mol. The second kappa shape index (κ2) is 6.16. The number of piperidine rings is 3. The Kier molecular flexibility index (Phi) is 3.86. The molecule has 4 nitrogen and oxygen atoms in total. The van der Waals surface area contributed by atoms with Gasteiger partial charge in [-0.1, -0.05) is 12.1 Å². The van der Waals surface area contributed by atoms with Crippen LogP contribution in [0.25, 0.3) is 0 Å². The van der Waals surface area contributed by atoms with Gasteiger partial charge in [-0.2, -0.15) is 0 Å². The predicted molar refractivity (Wildman–Crippen MR) is 97.4 cm³/mol. The molecular formula is C21H23F2N3O. The van der Waals surface area contributed by atoms with Crippen LogP contribution in [-0.2, 0) is 7.05 Å². The average molecular weight is 371 g/mol. The highest BCUT2D eigenvalue weighted by Gasteiger charge is 2.55. The Morgan fingerprint density at radius 2 is 1.85 bits per heavy atom. The van der Waals surface area contributed by atoms with E-state index in [0.717, 1.165) is 32.0 Å². The van der Waals surface area contributed by atoms with E-state index in [1.807, 2.05) is 34.8 Å². The highest BCUT2D eigenvalue weighted by molar-refractivity contribution is 5.93. The summed E-state index contributed by atoms with van der Waals surface area (Å²) in [4.78, 5) is 17.6. The minimum atomic E-state index is -0.813. The number of aryl methyl sites for hydroxylation is 1. The fourth-order valence-corrected chi connectivity index (χ4v) is 5.56. The number of halogens is 2. The van der Waals surface area contributed by atoms with Crippen LogP contribution in [0.2, 0.25) is 0 Å². The molecule has 4 aliphatic heterocycles. The highest BCUT2D eigenvalue weighted by Crippen LogP contribution is 2.47. The van der Waals surface area contributed by atoms with Gasteiger partial charge in [0, 0.05) is 31.7 Å². The van der Waals surface area contributed by atoms with Crippen LogP contribution in [0.3, 0.4) is 0 Å². The van der Waals surface area contributed by atoms with E-state index in [2.05, 4.69) is 4.90 Å². The lowest BCUT2D eigenvalue weighted by molar-refractivity contribution is -0.00386. The quantitative estimate of drug-likeness (QED) is 0.812. The number of hydrogen-bond acceptors (Lipinski definition) is 2. The van der Waals surface area contributed by atoms with E-state index in [9.17, 15) is 13.6 Å². The maximum atomic E-state index is 14.6. The van der Waals surface area contributed by atoms with E-state index in [1.54, 1.807) is 12.1 Å². The highest BCUT2D eigenvalue weighted by atomic mass is 19.2. The Hall–Kier alpha value is -2.21. The van der Waals surface area contributed by atoms with Gasteiger partial charge in [0.05, 0.1) is 6.04 Å². The maximum absolute atomic E-state index is 14.6. The smallest absolute Gasteiger partial charge is 0.270 e. The molecule has 5 heterocycles. The van der Waals surface area contributed by atoms with E-state index in [-0.39, 0.29) is 23.9 Å². The zero-order valence-electron chi connectivity index (χ0n) is 15.3. The van der Waals surface area contributed by atoms with Crippen molar-refractivity contribution in [1.82, 2.24) is 14.4 Å². The first-order valence-electron chi connectivity index (χ1n) is 9.66. The molecule has 0 N–H and O–H groups in total. The molecule has 6 heteroatoms. The summed E-state index contributed by atoms with van der Waals surface area (Å²) in [5.41, 5.74) is 1.05. The van der Waals surface area contributed by atoms with Crippen LogP contribution in [0, 0.1) is 17.6 Å². The summed E-state index contributed by atoms with van der Waals surface area (Å²) >= 11 is 0. The number of benzene rings is 1. The number of hydrogen-bond donors (Lipinski definition) is 0. The maximum Gasteiger partial charge on any atom is 0.270 e. The van der Waals surface area contributed by atoms with Crippen molar-refractivity contribution in [3.63, 3.8) is 0 Å². The van der Waals surface area contributed by atoms with Crippen LogP contribution in [0.1, 0.15) is 34.8 Å². The van der Waals surface area contributed by atoms with Crippen LogP contribution in [0.15, 0.2) is 36.5 Å². The van der Waals surface area contributed by atoms with Crippen molar-refractivity contribution in [3.8, 4) is 0 Å². The lowest BCUT2D eigenvalue weighted by atomic mass is 9.75. The molecule has 4 fully saturated rings. The molecule has 0 radical (unpaired) electrons. The van der Waals surface area contributed by atoms with Crippen molar-refractivity contribution in [3.05, 3.63) is 59.4 Å². The molecule has 1 aromatic heterocycles. The van der Waals surface area contributed by atoms with E-state index >= 15 is 0 Å². The van der Waals surface area contributed by atoms with Crippen LogP contribution in [0.5, 0.6) is 0 Å². The standard InChI is InChI=1S/C21H23F2N3O/c1-24-9-3-6-17(24)21(27)26-12-15(14-4-2-5-16(22)18(14)23)20-19(26)13-7-10-25(20)11-8-13/h2-6,9,13,15,19-20H,7-8,10-12H2,1H3/t15-,19+,20+/m1/s1. The number of carbonyl (C=O) groups excluding carboxylic acids is 1. The number of carbonyl (C=O) groups is 1. The van der Waals surface area contributed by atoms with Crippen LogP contribution < -0.4 is 0 Å². The summed E-state index contributed by atoms with van der Waals surface area (Å²) in [6.07, 6.45) is 3.99. The van der Waals surface area contributed by atoms with Crippen molar-refractivity contribution in [2.24, 2.45) is 13.0 Å². The summed E-state index contributed by atoms with van der Waals surface area (Å²) in [5, 5.41) is 0. The fourth-order valence-electron chi connectivity index (χ4n) is 5.56. The van der Waals surface area contributed by atoms with Gasteiger partial charge in [-0.3, -0.25) is 9.69 Å². The monoisotopic (exact) mass is 371 g/mol. The van der Waals surface area contributed by atoms with Crippen LogP contribution in [-0.4, -0.2) is 52.0 Å². The normalized spacial score (nSPS) is 32.0. The summed E-state index contributed by atoms with van der Waals surface area (Å²) in [7, 11) is 1.86. The Morgan fingerprint density at radius 3 is 2.56 bits per heavy atom. The minimum Gasteiger partial charge on any atom is -0.347 e. The first-order valence-corrected chi connectivity index (χ1v) is 9.66. The van der Waals surface area contributed by atoms with Crippen molar-refractivity contribution < 1.29 is 13.6 Å². The van der Waals surface area contributed by atoms with Crippen LogP contribution >= 0.6 is 0 Å². The zero-order valence-corrected chi connectivity index (χ0v) is 15.3. The number of amides is 1. The van der Waals surface area contributed by atoms with Gasteiger partial charge >= 0.3 is 0 Å². The third-order valence-electron chi connectivity index (χ3n) is 6.80. The van der Waals surface area contributed by atoms with Gasteiger partial charge in [-0.25, -0.2) is 8.78 Å². The lowest BCUT2D eigenvalue weighted by Gasteiger charge is -2.51. The molecule has 1 aromatic carbocycles. The molecule has 0 saturated carbocycles. The summed E-state index contributed by atoms with van der Waals surface area (Å²) < 4.78 is 30.4. The second-order valence-corrected chi connectivity index (χ2v) is 8.07. The van der Waals surface area contributed by atoms with Crippen molar-refractivity contribution in [1.29, 1.82) is 0 Å². The first kappa shape index (κ1) is 16.9. The largest absolute Gasteiger partial charge is 0.347 e. The van der Waals surface area contributed by atoms with Crippen molar-refractivity contribution in [2.45, 2.75) is 30.8 Å². The molecule has 0 spiro atoms. The molecule has 2 bridgehead atoms. The third kappa shape index (κ3) is 2.46. The molecule has 4 aliphatic rings. The van der Waals surface area contributed by atoms with Gasteiger partial charge in [0.15, 0.2) is 11.6 Å². The zero-order chi connectivity index (χ0) is 18.7. The second-order valence-electron chi connectivity index (χ2n) is 8.07. The summed E-state index contributed by atoms with van der Waals surface area (Å²) in [6, 6.07) is 8.24. The number of nitrogens with zero attached hydrogens (tertiary/aromatic N) is 3. The predicted octanol–water partition coefficient (Wildman–Crippen LogP) is 3.01. The number of likely N-dealkylation sites (tertiary alicyclic amines) is 1. The summed E-state index contributed by atoms with van der Waals surface area (Å²) in [6.45, 7) is 2.39. The molecule has 4 saturated heterocycles. The molecule has 0 unspecified atom stereocenters. The molecule has 142 valence electrons. The number of rotatable bonds is 2. The van der Waals surface area contributed by atoms with Gasteiger partial charge in [0.2, 0.25) is 0 Å². The lowest BCUT2D eigenvalue weighted by Crippen LogP contribution is -2.60. The average Bonchev–Trinajstić information content (AvgIpc) is 3.30. The SMILES string of the molecule is Cn1cccc1C(=O)N1C[C@H](c2cccc(F)c2F)[C@H]2[C@@H]1C1CCN2CC1. The van der Waals surface area contributed by atoms with Crippen molar-refractivity contribution >= 4 is 5.91 Å². The molecule has 2 aromatic rings. The van der Waals surface area contributed by atoms with Crippen LogP contribution in [0.4, 0.5) is 8.78 Å². The molecule has 3 atom stereocenters. The fraction of sp³-hybridized carbons (Fsp3) is 0.476. The molecule has 6 rings (SSSR count). The van der Waals surface area contributed by atoms with E-state index < -0.39 is 11.6 Å². The number of aromatic nitrogens is 1. The Balaban J connectivity index is 1.57.